The minimum atomic E-state index is -0.646. The Morgan fingerprint density at radius 2 is 1.52 bits per heavy atom. The lowest BCUT2D eigenvalue weighted by Gasteiger charge is -2.20. The quantitative estimate of drug-likeness (QED) is 0.726. The highest BCUT2D eigenvalue weighted by Crippen LogP contribution is 2.24. The van der Waals surface area contributed by atoms with Gasteiger partial charge in [-0.1, -0.05) is 32.9 Å². The van der Waals surface area contributed by atoms with Crippen molar-refractivity contribution in [3.8, 4) is 5.75 Å². The third-order valence-electron chi connectivity index (χ3n) is 4.85. The van der Waals surface area contributed by atoms with Crippen LogP contribution in [0.25, 0.3) is 0 Å². The molecule has 0 fully saturated rings. The highest BCUT2D eigenvalue weighted by molar-refractivity contribution is 5.96. The van der Waals surface area contributed by atoms with Crippen molar-refractivity contribution in [3.63, 3.8) is 0 Å². The molecular weight excluding hydrogens is 364 g/mol. The third kappa shape index (κ3) is 6.08. The maximum absolute atomic E-state index is 12.5. The minimum Gasteiger partial charge on any atom is -0.481 e. The smallest absolute Gasteiger partial charge is 0.265 e. The molecule has 0 aliphatic rings. The van der Waals surface area contributed by atoms with Gasteiger partial charge in [0.1, 0.15) is 5.75 Å². The molecule has 0 heterocycles. The summed E-state index contributed by atoms with van der Waals surface area (Å²) in [5.41, 5.74) is 2.52. The summed E-state index contributed by atoms with van der Waals surface area (Å²) in [5, 5.41) is 2.83. The molecule has 2 aromatic rings. The van der Waals surface area contributed by atoms with E-state index in [2.05, 4.69) is 26.1 Å². The summed E-state index contributed by atoms with van der Waals surface area (Å²) in [7, 11) is 0. The van der Waals surface area contributed by atoms with Crippen molar-refractivity contribution in [2.75, 3.05) is 18.4 Å². The average molecular weight is 397 g/mol. The molecule has 0 radical (unpaired) electrons. The molecule has 0 saturated heterocycles. The van der Waals surface area contributed by atoms with E-state index in [-0.39, 0.29) is 17.2 Å². The van der Waals surface area contributed by atoms with Crippen LogP contribution in [-0.4, -0.2) is 35.9 Å². The second kappa shape index (κ2) is 9.59. The van der Waals surface area contributed by atoms with Gasteiger partial charge in [-0.3, -0.25) is 9.59 Å². The van der Waals surface area contributed by atoms with Crippen molar-refractivity contribution in [3.05, 3.63) is 59.7 Å². The average Bonchev–Trinajstić information content (AvgIpc) is 2.69. The molecule has 2 aromatic carbocycles. The first kappa shape index (κ1) is 22.5. The molecule has 0 unspecified atom stereocenters. The van der Waals surface area contributed by atoms with Crippen molar-refractivity contribution >= 4 is 17.5 Å². The lowest BCUT2D eigenvalue weighted by molar-refractivity contribution is -0.122. The van der Waals surface area contributed by atoms with Crippen LogP contribution in [0, 0.1) is 0 Å². The molecule has 0 aromatic heterocycles. The fourth-order valence-electron chi connectivity index (χ4n) is 2.92. The van der Waals surface area contributed by atoms with Crippen LogP contribution < -0.4 is 10.1 Å². The second-order valence-corrected chi connectivity index (χ2v) is 8.08. The number of carbonyl (C=O) groups excluding carboxylic acids is 2. The molecule has 5 heteroatoms. The highest BCUT2D eigenvalue weighted by atomic mass is 16.5. The van der Waals surface area contributed by atoms with Gasteiger partial charge in [0, 0.05) is 24.3 Å². The van der Waals surface area contributed by atoms with Crippen LogP contribution in [0.2, 0.25) is 0 Å². The molecule has 5 nitrogen and oxygen atoms in total. The van der Waals surface area contributed by atoms with Gasteiger partial charge in [0.15, 0.2) is 6.10 Å². The molecule has 2 rings (SSSR count). The van der Waals surface area contributed by atoms with Crippen molar-refractivity contribution in [2.24, 2.45) is 0 Å². The van der Waals surface area contributed by atoms with Gasteiger partial charge in [0.25, 0.3) is 11.8 Å². The van der Waals surface area contributed by atoms with Crippen LogP contribution in [-0.2, 0) is 10.2 Å². The number of hydrogen-bond acceptors (Lipinski definition) is 3. The first-order valence-corrected chi connectivity index (χ1v) is 10.1. The van der Waals surface area contributed by atoms with E-state index in [1.165, 1.54) is 5.56 Å². The number of carbonyl (C=O) groups is 2. The molecule has 1 atom stereocenters. The topological polar surface area (TPSA) is 58.6 Å². The summed E-state index contributed by atoms with van der Waals surface area (Å²) < 4.78 is 5.77. The number of nitrogens with zero attached hydrogens (tertiary/aromatic N) is 1. The molecule has 1 N–H and O–H groups in total. The first-order chi connectivity index (χ1) is 13.7. The van der Waals surface area contributed by atoms with Crippen molar-refractivity contribution in [2.45, 2.75) is 53.1 Å². The number of nitrogens with one attached hydrogen (secondary N) is 1. The summed E-state index contributed by atoms with van der Waals surface area (Å²) in [6.07, 6.45) is -0.646. The molecule has 0 bridgehead atoms. The first-order valence-electron chi connectivity index (χ1n) is 10.1. The maximum atomic E-state index is 12.5. The van der Waals surface area contributed by atoms with Crippen LogP contribution in [0.15, 0.2) is 48.5 Å². The standard InChI is InChI=1S/C24H32N2O3/c1-7-26(8-2)23(28)18-9-13-20(14-10-18)25-22(27)17(3)29-21-15-11-19(12-16-21)24(4,5)6/h9-17H,7-8H2,1-6H3,(H,25,27)/t17-/m1/s1. The fourth-order valence-corrected chi connectivity index (χ4v) is 2.92. The van der Waals surface area contributed by atoms with Gasteiger partial charge in [-0.05, 0) is 68.1 Å². The Labute approximate surface area is 174 Å². The predicted octanol–water partition coefficient (Wildman–Crippen LogP) is 4.87. The normalized spacial score (nSPS) is 12.2. The molecule has 0 aliphatic carbocycles. The predicted molar refractivity (Wildman–Crippen MR) is 118 cm³/mol. The van der Waals surface area contributed by atoms with Gasteiger partial charge in [-0.25, -0.2) is 0 Å². The summed E-state index contributed by atoms with van der Waals surface area (Å²) in [6, 6.07) is 14.7. The molecule has 0 aliphatic heterocycles. The molecule has 0 spiro atoms. The Hall–Kier alpha value is -2.82. The van der Waals surface area contributed by atoms with Gasteiger partial charge in [-0.2, -0.15) is 0 Å². The van der Waals surface area contributed by atoms with E-state index in [1.807, 2.05) is 38.1 Å². The Morgan fingerprint density at radius 3 is 2.00 bits per heavy atom. The zero-order chi connectivity index (χ0) is 21.6. The SMILES string of the molecule is CCN(CC)C(=O)c1ccc(NC(=O)[C@@H](C)Oc2ccc(C(C)(C)C)cc2)cc1. The summed E-state index contributed by atoms with van der Waals surface area (Å²) in [4.78, 5) is 26.6. The summed E-state index contributed by atoms with van der Waals surface area (Å²) >= 11 is 0. The van der Waals surface area contributed by atoms with Crippen molar-refractivity contribution in [1.29, 1.82) is 0 Å². The molecule has 29 heavy (non-hydrogen) atoms. The largest absolute Gasteiger partial charge is 0.481 e. The zero-order valence-corrected chi connectivity index (χ0v) is 18.3. The van der Waals surface area contributed by atoms with Crippen LogP contribution in [0.5, 0.6) is 5.75 Å². The van der Waals surface area contributed by atoms with E-state index in [4.69, 9.17) is 4.74 Å². The maximum Gasteiger partial charge on any atom is 0.265 e. The monoisotopic (exact) mass is 396 g/mol. The number of ether oxygens (including phenoxy) is 1. The van der Waals surface area contributed by atoms with E-state index in [1.54, 1.807) is 36.1 Å². The number of amides is 2. The van der Waals surface area contributed by atoms with Gasteiger partial charge in [0.2, 0.25) is 0 Å². The summed E-state index contributed by atoms with van der Waals surface area (Å²) in [5.74, 6) is 0.400. The summed E-state index contributed by atoms with van der Waals surface area (Å²) in [6.45, 7) is 13.4. The Morgan fingerprint density at radius 1 is 0.966 bits per heavy atom. The second-order valence-electron chi connectivity index (χ2n) is 8.08. The van der Waals surface area contributed by atoms with Crippen LogP contribution >= 0.6 is 0 Å². The van der Waals surface area contributed by atoms with Crippen LogP contribution in [0.3, 0.4) is 0 Å². The Bertz CT molecular complexity index is 817. The van der Waals surface area contributed by atoms with E-state index in [9.17, 15) is 9.59 Å². The van der Waals surface area contributed by atoms with E-state index in [0.29, 0.717) is 30.1 Å². The molecule has 156 valence electrons. The number of anilines is 1. The van der Waals surface area contributed by atoms with Gasteiger partial charge < -0.3 is 15.0 Å². The number of hydrogen-bond donors (Lipinski definition) is 1. The lowest BCUT2D eigenvalue weighted by Crippen LogP contribution is -2.31. The minimum absolute atomic E-state index is 0.0109. The zero-order valence-electron chi connectivity index (χ0n) is 18.3. The van der Waals surface area contributed by atoms with Gasteiger partial charge >= 0.3 is 0 Å². The van der Waals surface area contributed by atoms with Crippen LogP contribution in [0.4, 0.5) is 5.69 Å². The van der Waals surface area contributed by atoms with Crippen molar-refractivity contribution in [1.82, 2.24) is 4.90 Å². The fraction of sp³-hybridized carbons (Fsp3) is 0.417. The van der Waals surface area contributed by atoms with E-state index >= 15 is 0 Å². The Kier molecular flexibility index (Phi) is 7.43. The Balaban J connectivity index is 1.96. The van der Waals surface area contributed by atoms with E-state index < -0.39 is 6.10 Å². The van der Waals surface area contributed by atoms with Crippen molar-refractivity contribution < 1.29 is 14.3 Å². The number of benzene rings is 2. The van der Waals surface area contributed by atoms with Gasteiger partial charge in [-0.15, -0.1) is 0 Å². The van der Waals surface area contributed by atoms with Gasteiger partial charge in [0.05, 0.1) is 0 Å². The highest BCUT2D eigenvalue weighted by Gasteiger charge is 2.17. The molecular formula is C24H32N2O3. The van der Waals surface area contributed by atoms with Crippen LogP contribution in [0.1, 0.15) is 57.5 Å². The van der Waals surface area contributed by atoms with E-state index in [0.717, 1.165) is 0 Å². The molecule has 0 saturated carbocycles. The molecule has 2 amide bonds. The number of rotatable bonds is 7. The lowest BCUT2D eigenvalue weighted by atomic mass is 9.87. The third-order valence-corrected chi connectivity index (χ3v) is 4.85.